The van der Waals surface area contributed by atoms with Crippen molar-refractivity contribution in [1.29, 1.82) is 0 Å². The van der Waals surface area contributed by atoms with Crippen LogP contribution in [0.25, 0.3) is 0 Å². The van der Waals surface area contributed by atoms with Gasteiger partial charge in [-0.3, -0.25) is 9.52 Å². The molecule has 1 heterocycles. The molecule has 0 fully saturated rings. The first-order valence-electron chi connectivity index (χ1n) is 8.21. The predicted molar refractivity (Wildman–Crippen MR) is 106 cm³/mol. The normalized spacial score (nSPS) is 11.2. The summed E-state index contributed by atoms with van der Waals surface area (Å²) in [4.78, 5) is 12.3. The van der Waals surface area contributed by atoms with E-state index in [1.165, 1.54) is 6.07 Å². The van der Waals surface area contributed by atoms with Crippen LogP contribution >= 0.6 is 11.3 Å². The third-order valence-electron chi connectivity index (χ3n) is 3.68. The second kappa shape index (κ2) is 8.44. The van der Waals surface area contributed by atoms with E-state index in [1.807, 2.05) is 0 Å². The van der Waals surface area contributed by atoms with E-state index in [0.717, 1.165) is 17.6 Å². The third-order valence-corrected chi connectivity index (χ3v) is 5.11. The van der Waals surface area contributed by atoms with E-state index < -0.39 is 10.0 Å². The Hall–Kier alpha value is -2.85. The maximum absolute atomic E-state index is 13.7. The van der Waals surface area contributed by atoms with Gasteiger partial charge in [0.15, 0.2) is 0 Å². The first-order valence-corrected chi connectivity index (χ1v) is 10.9. The lowest BCUT2D eigenvalue weighted by Crippen LogP contribution is -2.17. The van der Waals surface area contributed by atoms with Gasteiger partial charge in [-0.05, 0) is 23.3 Å². The summed E-state index contributed by atoms with van der Waals surface area (Å²) in [5.41, 5.74) is 1.37. The number of sulfonamides is 1. The Kier molecular flexibility index (Phi) is 6.00. The minimum absolute atomic E-state index is 0.0408. The number of hydrogen-bond donors (Lipinski definition) is 2. The number of carbonyl (C=O) groups is 1. The molecule has 2 N–H and O–H groups in total. The van der Waals surface area contributed by atoms with Crippen LogP contribution in [0.5, 0.6) is 0 Å². The zero-order valence-electron chi connectivity index (χ0n) is 14.8. The number of nitrogens with zero attached hydrogens (tertiary/aromatic N) is 2. The number of carbonyl (C=O) groups excluding carboxylic acids is 1. The standard InChI is InChI=1S/C18H17FN4O3S2/c1-28(25,26)23-15-9-5-3-7-13(15)10-16(24)20-18-22-21-17(27-18)11-12-6-2-4-8-14(12)19/h2-9,23H,10-11H2,1H3,(H,20,22,24). The molecule has 0 atom stereocenters. The van der Waals surface area contributed by atoms with Crippen molar-refractivity contribution < 1.29 is 17.6 Å². The summed E-state index contributed by atoms with van der Waals surface area (Å²) < 4.78 is 39.0. The monoisotopic (exact) mass is 420 g/mol. The van der Waals surface area contributed by atoms with Crippen molar-refractivity contribution in [3.8, 4) is 0 Å². The van der Waals surface area contributed by atoms with Crippen LogP contribution in [0.2, 0.25) is 0 Å². The minimum Gasteiger partial charge on any atom is -0.300 e. The molecule has 146 valence electrons. The quantitative estimate of drug-likeness (QED) is 0.612. The highest BCUT2D eigenvalue weighted by Crippen LogP contribution is 2.21. The summed E-state index contributed by atoms with van der Waals surface area (Å²) in [6.45, 7) is 0. The number of amides is 1. The molecule has 3 aromatic rings. The van der Waals surface area contributed by atoms with Gasteiger partial charge in [0.25, 0.3) is 0 Å². The molecule has 1 amide bonds. The SMILES string of the molecule is CS(=O)(=O)Nc1ccccc1CC(=O)Nc1nnc(Cc2ccccc2F)s1. The summed E-state index contributed by atoms with van der Waals surface area (Å²) in [7, 11) is -3.46. The fourth-order valence-corrected chi connectivity index (χ4v) is 3.87. The second-order valence-electron chi connectivity index (χ2n) is 6.03. The van der Waals surface area contributed by atoms with Gasteiger partial charge in [0.1, 0.15) is 10.8 Å². The first kappa shape index (κ1) is 19.9. The molecule has 0 bridgehead atoms. The summed E-state index contributed by atoms with van der Waals surface area (Å²) in [5, 5.41) is 11.4. The Balaban J connectivity index is 1.65. The van der Waals surface area contributed by atoms with Crippen molar-refractivity contribution in [1.82, 2.24) is 10.2 Å². The van der Waals surface area contributed by atoms with Crippen LogP contribution in [0.1, 0.15) is 16.1 Å². The minimum atomic E-state index is -3.46. The van der Waals surface area contributed by atoms with E-state index in [2.05, 4.69) is 20.2 Å². The highest BCUT2D eigenvalue weighted by molar-refractivity contribution is 7.92. The Morgan fingerprint density at radius 3 is 2.46 bits per heavy atom. The molecule has 0 unspecified atom stereocenters. The van der Waals surface area contributed by atoms with Crippen LogP contribution in [0, 0.1) is 5.82 Å². The van der Waals surface area contributed by atoms with Crippen LogP contribution in [0.4, 0.5) is 15.2 Å². The van der Waals surface area contributed by atoms with Crippen molar-refractivity contribution in [3.63, 3.8) is 0 Å². The summed E-state index contributed by atoms with van der Waals surface area (Å²) in [6.07, 6.45) is 1.28. The van der Waals surface area contributed by atoms with E-state index >= 15 is 0 Å². The van der Waals surface area contributed by atoms with Gasteiger partial charge in [0.05, 0.1) is 18.4 Å². The largest absolute Gasteiger partial charge is 0.300 e. The van der Waals surface area contributed by atoms with Gasteiger partial charge in [-0.2, -0.15) is 0 Å². The number of benzene rings is 2. The second-order valence-corrected chi connectivity index (χ2v) is 8.84. The molecule has 2 aromatic carbocycles. The van der Waals surface area contributed by atoms with Crippen LogP contribution in [-0.4, -0.2) is 30.8 Å². The first-order chi connectivity index (χ1) is 13.3. The number of halogens is 1. The predicted octanol–water partition coefficient (Wildman–Crippen LogP) is 2.82. The molecule has 10 heteroatoms. The zero-order chi connectivity index (χ0) is 20.1. The fraction of sp³-hybridized carbons (Fsp3) is 0.167. The molecule has 0 saturated heterocycles. The molecular weight excluding hydrogens is 403 g/mol. The highest BCUT2D eigenvalue weighted by atomic mass is 32.2. The molecule has 3 rings (SSSR count). The number of para-hydroxylation sites is 1. The molecule has 0 radical (unpaired) electrons. The van der Waals surface area contributed by atoms with Gasteiger partial charge in [-0.1, -0.05) is 47.7 Å². The van der Waals surface area contributed by atoms with E-state index in [-0.39, 0.29) is 24.6 Å². The summed E-state index contributed by atoms with van der Waals surface area (Å²) in [6, 6.07) is 13.0. The van der Waals surface area contributed by atoms with Gasteiger partial charge in [0.2, 0.25) is 21.1 Å². The van der Waals surface area contributed by atoms with Crippen molar-refractivity contribution in [2.75, 3.05) is 16.3 Å². The number of anilines is 2. The lowest BCUT2D eigenvalue weighted by atomic mass is 10.1. The van der Waals surface area contributed by atoms with E-state index in [0.29, 0.717) is 27.0 Å². The van der Waals surface area contributed by atoms with Gasteiger partial charge in [-0.25, -0.2) is 12.8 Å². The van der Waals surface area contributed by atoms with Crippen LogP contribution in [0.15, 0.2) is 48.5 Å². The average Bonchev–Trinajstić information content (AvgIpc) is 3.04. The number of nitrogens with one attached hydrogen (secondary N) is 2. The lowest BCUT2D eigenvalue weighted by Gasteiger charge is -2.10. The summed E-state index contributed by atoms with van der Waals surface area (Å²) in [5.74, 6) is -0.686. The van der Waals surface area contributed by atoms with Gasteiger partial charge >= 0.3 is 0 Å². The van der Waals surface area contributed by atoms with Crippen molar-refractivity contribution in [3.05, 3.63) is 70.5 Å². The maximum atomic E-state index is 13.7. The lowest BCUT2D eigenvalue weighted by molar-refractivity contribution is -0.115. The van der Waals surface area contributed by atoms with Gasteiger partial charge in [-0.15, -0.1) is 10.2 Å². The Bertz CT molecular complexity index is 1100. The third kappa shape index (κ3) is 5.57. The van der Waals surface area contributed by atoms with Crippen LogP contribution < -0.4 is 10.0 Å². The topological polar surface area (TPSA) is 101 Å². The van der Waals surface area contributed by atoms with Crippen molar-refractivity contribution in [2.24, 2.45) is 0 Å². The molecule has 0 aliphatic heterocycles. The highest BCUT2D eigenvalue weighted by Gasteiger charge is 2.14. The van der Waals surface area contributed by atoms with E-state index in [1.54, 1.807) is 42.5 Å². The Labute approximate surface area is 165 Å². The molecule has 0 aliphatic carbocycles. The molecular formula is C18H17FN4O3S2. The van der Waals surface area contributed by atoms with Crippen LogP contribution in [-0.2, 0) is 27.7 Å². The molecule has 0 spiro atoms. The molecule has 0 saturated carbocycles. The number of aromatic nitrogens is 2. The van der Waals surface area contributed by atoms with Gasteiger partial charge < -0.3 is 5.32 Å². The molecule has 0 aliphatic rings. The van der Waals surface area contributed by atoms with Gasteiger partial charge in [0, 0.05) is 6.42 Å². The molecule has 28 heavy (non-hydrogen) atoms. The van der Waals surface area contributed by atoms with Crippen LogP contribution in [0.3, 0.4) is 0 Å². The van der Waals surface area contributed by atoms with Crippen molar-refractivity contribution in [2.45, 2.75) is 12.8 Å². The van der Waals surface area contributed by atoms with Crippen molar-refractivity contribution >= 4 is 38.1 Å². The zero-order valence-corrected chi connectivity index (χ0v) is 16.5. The smallest absolute Gasteiger partial charge is 0.230 e. The van der Waals surface area contributed by atoms with E-state index in [4.69, 9.17) is 0 Å². The number of hydrogen-bond acceptors (Lipinski definition) is 6. The Morgan fingerprint density at radius 1 is 1.07 bits per heavy atom. The summed E-state index contributed by atoms with van der Waals surface area (Å²) >= 11 is 1.16. The fourth-order valence-electron chi connectivity index (χ4n) is 2.49. The number of rotatable bonds is 7. The van der Waals surface area contributed by atoms with E-state index in [9.17, 15) is 17.6 Å². The molecule has 7 nitrogen and oxygen atoms in total. The maximum Gasteiger partial charge on any atom is 0.230 e. The Morgan fingerprint density at radius 2 is 1.75 bits per heavy atom. The molecule has 1 aromatic heterocycles. The average molecular weight is 420 g/mol.